The standard InChI is InChI=1S/C13H18N2O4S/c1-9(15-8-12(16)13(17)14-2)10-4-6-11(7-5-10)20(3,18)19/h4-9,15-16H,1-3H3,(H,14,17)/t9-/m0/s1. The van der Waals surface area contributed by atoms with E-state index in [2.05, 4.69) is 10.6 Å². The normalized spacial score (nSPS) is 13.7. The van der Waals surface area contributed by atoms with Crippen molar-refractivity contribution in [2.75, 3.05) is 13.3 Å². The molecule has 0 aliphatic rings. The molecule has 1 amide bonds. The minimum atomic E-state index is -3.21. The van der Waals surface area contributed by atoms with Gasteiger partial charge in [0.15, 0.2) is 15.6 Å². The summed E-state index contributed by atoms with van der Waals surface area (Å²) in [6.45, 7) is 1.82. The van der Waals surface area contributed by atoms with E-state index in [9.17, 15) is 18.3 Å². The van der Waals surface area contributed by atoms with E-state index >= 15 is 0 Å². The topological polar surface area (TPSA) is 95.5 Å². The number of nitrogens with one attached hydrogen (secondary N) is 2. The Labute approximate surface area is 118 Å². The van der Waals surface area contributed by atoms with Crippen LogP contribution in [-0.4, -0.2) is 32.7 Å². The summed E-state index contributed by atoms with van der Waals surface area (Å²) in [4.78, 5) is 11.3. The zero-order valence-electron chi connectivity index (χ0n) is 11.5. The number of aliphatic hydroxyl groups excluding tert-OH is 1. The fraction of sp³-hybridized carbons (Fsp3) is 0.308. The van der Waals surface area contributed by atoms with E-state index < -0.39 is 21.5 Å². The van der Waals surface area contributed by atoms with Gasteiger partial charge in [0.05, 0.1) is 4.90 Å². The van der Waals surface area contributed by atoms with Crippen LogP contribution in [0.15, 0.2) is 41.1 Å². The third-order valence-corrected chi connectivity index (χ3v) is 3.87. The zero-order chi connectivity index (χ0) is 15.3. The SMILES string of the molecule is CNC(=O)C(O)=CN[C@@H](C)c1ccc(S(C)(=O)=O)cc1. The number of hydrogen-bond acceptors (Lipinski definition) is 5. The average Bonchev–Trinajstić information content (AvgIpc) is 2.42. The minimum absolute atomic E-state index is 0.185. The summed E-state index contributed by atoms with van der Waals surface area (Å²) in [7, 11) is -1.79. The van der Waals surface area contributed by atoms with Gasteiger partial charge >= 0.3 is 0 Å². The Balaban J connectivity index is 2.79. The van der Waals surface area contributed by atoms with Gasteiger partial charge in [-0.25, -0.2) is 8.42 Å². The van der Waals surface area contributed by atoms with E-state index in [1.165, 1.54) is 25.4 Å². The molecule has 1 rings (SSSR count). The van der Waals surface area contributed by atoms with Crippen molar-refractivity contribution in [1.29, 1.82) is 0 Å². The van der Waals surface area contributed by atoms with Crippen LogP contribution in [0.5, 0.6) is 0 Å². The van der Waals surface area contributed by atoms with Crippen LogP contribution in [0.1, 0.15) is 18.5 Å². The van der Waals surface area contributed by atoms with Crippen molar-refractivity contribution in [3.05, 3.63) is 41.8 Å². The maximum atomic E-state index is 11.3. The molecule has 0 saturated carbocycles. The fourth-order valence-electron chi connectivity index (χ4n) is 1.50. The molecule has 1 aromatic carbocycles. The minimum Gasteiger partial charge on any atom is -0.502 e. The first kappa shape index (κ1) is 16.0. The number of rotatable bonds is 5. The molecule has 7 heteroatoms. The van der Waals surface area contributed by atoms with Gasteiger partial charge in [-0.15, -0.1) is 0 Å². The highest BCUT2D eigenvalue weighted by atomic mass is 32.2. The molecule has 110 valence electrons. The molecule has 0 aliphatic carbocycles. The summed E-state index contributed by atoms with van der Waals surface area (Å²) in [6.07, 6.45) is 2.35. The van der Waals surface area contributed by atoms with Crippen molar-refractivity contribution in [2.45, 2.75) is 17.9 Å². The summed E-state index contributed by atoms with van der Waals surface area (Å²) in [5.74, 6) is -1.01. The molecule has 0 unspecified atom stereocenters. The second-order valence-electron chi connectivity index (χ2n) is 4.34. The highest BCUT2D eigenvalue weighted by molar-refractivity contribution is 7.90. The molecule has 0 aliphatic heterocycles. The third kappa shape index (κ3) is 4.27. The molecule has 0 spiro atoms. The van der Waals surface area contributed by atoms with E-state index in [1.54, 1.807) is 12.1 Å². The van der Waals surface area contributed by atoms with Crippen LogP contribution in [0.25, 0.3) is 0 Å². The third-order valence-electron chi connectivity index (χ3n) is 2.74. The molecule has 0 aromatic heterocycles. The van der Waals surface area contributed by atoms with Crippen LogP contribution in [0.3, 0.4) is 0 Å². The first-order valence-electron chi connectivity index (χ1n) is 5.93. The lowest BCUT2D eigenvalue weighted by Gasteiger charge is -2.13. The summed E-state index contributed by atoms with van der Waals surface area (Å²) in [5.41, 5.74) is 0.832. The van der Waals surface area contributed by atoms with E-state index in [-0.39, 0.29) is 10.9 Å². The molecule has 0 radical (unpaired) electrons. The number of likely N-dealkylation sites (N-methyl/N-ethyl adjacent to an activating group) is 1. The number of benzene rings is 1. The molecule has 0 heterocycles. The average molecular weight is 298 g/mol. The first-order valence-corrected chi connectivity index (χ1v) is 7.82. The smallest absolute Gasteiger partial charge is 0.287 e. The molecule has 0 fully saturated rings. The highest BCUT2D eigenvalue weighted by Gasteiger charge is 2.09. The molecule has 1 aromatic rings. The molecule has 3 N–H and O–H groups in total. The lowest BCUT2D eigenvalue weighted by atomic mass is 10.1. The zero-order valence-corrected chi connectivity index (χ0v) is 12.4. The molecule has 0 bridgehead atoms. The van der Waals surface area contributed by atoms with Gasteiger partial charge in [0.25, 0.3) is 5.91 Å². The van der Waals surface area contributed by atoms with Gasteiger partial charge in [-0.05, 0) is 24.6 Å². The molecule has 20 heavy (non-hydrogen) atoms. The van der Waals surface area contributed by atoms with E-state index in [0.717, 1.165) is 11.8 Å². The van der Waals surface area contributed by atoms with Crippen LogP contribution < -0.4 is 10.6 Å². The van der Waals surface area contributed by atoms with Crippen LogP contribution >= 0.6 is 0 Å². The van der Waals surface area contributed by atoms with Gasteiger partial charge in [0.1, 0.15) is 0 Å². The quantitative estimate of drug-likeness (QED) is 0.554. The Morgan fingerprint density at radius 1 is 1.30 bits per heavy atom. The van der Waals surface area contributed by atoms with Crippen molar-refractivity contribution < 1.29 is 18.3 Å². The number of sulfone groups is 1. The fourth-order valence-corrected chi connectivity index (χ4v) is 2.13. The van der Waals surface area contributed by atoms with Crippen molar-refractivity contribution >= 4 is 15.7 Å². The summed E-state index contributed by atoms with van der Waals surface area (Å²) >= 11 is 0. The number of aliphatic hydroxyl groups is 1. The number of amides is 1. The molecule has 0 saturated heterocycles. The van der Waals surface area contributed by atoms with Crippen LogP contribution in [-0.2, 0) is 14.6 Å². The predicted molar refractivity (Wildman–Crippen MR) is 75.9 cm³/mol. The van der Waals surface area contributed by atoms with Gasteiger partial charge in [0.2, 0.25) is 0 Å². The van der Waals surface area contributed by atoms with Crippen molar-refractivity contribution in [1.82, 2.24) is 10.6 Å². The Bertz CT molecular complexity index is 606. The summed E-state index contributed by atoms with van der Waals surface area (Å²) in [6, 6.07) is 6.21. The maximum absolute atomic E-state index is 11.3. The second-order valence-corrected chi connectivity index (χ2v) is 6.35. The number of carbonyl (C=O) groups is 1. The van der Waals surface area contributed by atoms with Crippen molar-refractivity contribution in [3.63, 3.8) is 0 Å². The van der Waals surface area contributed by atoms with Crippen LogP contribution in [0.2, 0.25) is 0 Å². The monoisotopic (exact) mass is 298 g/mol. The lowest BCUT2D eigenvalue weighted by Crippen LogP contribution is -2.22. The van der Waals surface area contributed by atoms with E-state index in [4.69, 9.17) is 0 Å². The Morgan fingerprint density at radius 2 is 1.85 bits per heavy atom. The van der Waals surface area contributed by atoms with Crippen molar-refractivity contribution in [2.24, 2.45) is 0 Å². The predicted octanol–water partition coefficient (Wildman–Crippen LogP) is 0.886. The Morgan fingerprint density at radius 3 is 2.30 bits per heavy atom. The molecular weight excluding hydrogens is 280 g/mol. The first-order chi connectivity index (χ1) is 9.25. The Kier molecular flexibility index (Phi) is 5.15. The van der Waals surface area contributed by atoms with E-state index in [0.29, 0.717) is 0 Å². The van der Waals surface area contributed by atoms with Crippen LogP contribution in [0, 0.1) is 0 Å². The summed E-state index contributed by atoms with van der Waals surface area (Å²) in [5, 5.41) is 14.5. The number of hydrogen-bond donors (Lipinski definition) is 3. The molecular formula is C13H18N2O4S. The van der Waals surface area contributed by atoms with Gasteiger partial charge in [-0.2, -0.15) is 0 Å². The largest absolute Gasteiger partial charge is 0.502 e. The lowest BCUT2D eigenvalue weighted by molar-refractivity contribution is -0.119. The van der Waals surface area contributed by atoms with Crippen LogP contribution in [0.4, 0.5) is 0 Å². The summed E-state index contributed by atoms with van der Waals surface area (Å²) < 4.78 is 22.7. The Hall–Kier alpha value is -2.02. The second kappa shape index (κ2) is 6.42. The van der Waals surface area contributed by atoms with Gasteiger partial charge in [-0.3, -0.25) is 4.79 Å². The molecule has 1 atom stereocenters. The highest BCUT2D eigenvalue weighted by Crippen LogP contribution is 2.16. The van der Waals surface area contributed by atoms with Gasteiger partial charge < -0.3 is 15.7 Å². The maximum Gasteiger partial charge on any atom is 0.287 e. The van der Waals surface area contributed by atoms with E-state index in [1.807, 2.05) is 6.92 Å². The van der Waals surface area contributed by atoms with Crippen molar-refractivity contribution in [3.8, 4) is 0 Å². The van der Waals surface area contributed by atoms with Gasteiger partial charge in [-0.1, -0.05) is 12.1 Å². The number of carbonyl (C=O) groups excluding carboxylic acids is 1. The van der Waals surface area contributed by atoms with Gasteiger partial charge in [0, 0.05) is 25.5 Å². The molecule has 6 nitrogen and oxygen atoms in total.